The van der Waals surface area contributed by atoms with Gasteiger partial charge in [-0.2, -0.15) is 0 Å². The van der Waals surface area contributed by atoms with Gasteiger partial charge in [-0.25, -0.2) is 0 Å². The average Bonchev–Trinajstić information content (AvgIpc) is 2.65. The van der Waals surface area contributed by atoms with Crippen LogP contribution < -0.4 is 20.1 Å². The van der Waals surface area contributed by atoms with Crippen molar-refractivity contribution in [1.29, 1.82) is 0 Å². The molecule has 0 spiro atoms. The summed E-state index contributed by atoms with van der Waals surface area (Å²) < 4.78 is 11.3. The van der Waals surface area contributed by atoms with Crippen molar-refractivity contribution in [1.82, 2.24) is 0 Å². The maximum atomic E-state index is 12.5. The smallest absolute Gasteiger partial charge is 0.282 e. The summed E-state index contributed by atoms with van der Waals surface area (Å²) in [6.45, 7) is 11.1. The van der Waals surface area contributed by atoms with Gasteiger partial charge in [0, 0.05) is 11.3 Å². The van der Waals surface area contributed by atoms with Crippen molar-refractivity contribution in [2.24, 2.45) is 0 Å². The van der Waals surface area contributed by atoms with Crippen LogP contribution in [0, 0.1) is 6.92 Å². The van der Waals surface area contributed by atoms with Gasteiger partial charge >= 0.3 is 0 Å². The van der Waals surface area contributed by atoms with E-state index in [1.54, 1.807) is 0 Å². The lowest BCUT2D eigenvalue weighted by atomic mass is 10.1. The van der Waals surface area contributed by atoms with Crippen LogP contribution >= 0.6 is 0 Å². The molecule has 3 N–H and O–H groups in total. The van der Waals surface area contributed by atoms with Crippen LogP contribution in [0.3, 0.4) is 0 Å². The number of quaternary nitrogens is 1. The van der Waals surface area contributed by atoms with Gasteiger partial charge in [-0.1, -0.05) is 17.7 Å². The molecule has 2 aromatic carbocycles. The minimum Gasteiger partial charge on any atom is -0.490 e. The van der Waals surface area contributed by atoms with Crippen LogP contribution in [0.2, 0.25) is 0 Å². The number of carbonyl (C=O) groups excluding carboxylic acids is 1. The Kier molecular flexibility index (Phi) is 7.67. The molecular weight excluding hydrogens is 340 g/mol. The molecule has 0 fully saturated rings. The summed E-state index contributed by atoms with van der Waals surface area (Å²) in [4.78, 5) is 12.5. The molecule has 2 rings (SSSR count). The number of aryl methyl sites for hydroxylation is 1. The van der Waals surface area contributed by atoms with Crippen molar-refractivity contribution in [3.05, 3.63) is 53.6 Å². The summed E-state index contributed by atoms with van der Waals surface area (Å²) >= 11 is 0. The van der Waals surface area contributed by atoms with Crippen LogP contribution in [0.1, 0.15) is 44.9 Å². The summed E-state index contributed by atoms with van der Waals surface area (Å²) in [6, 6.07) is 13.7. The van der Waals surface area contributed by atoms with Crippen molar-refractivity contribution in [2.45, 2.75) is 46.7 Å². The van der Waals surface area contributed by atoms with E-state index in [1.165, 1.54) is 5.56 Å². The van der Waals surface area contributed by atoms with Crippen LogP contribution in [-0.4, -0.2) is 25.2 Å². The Morgan fingerprint density at radius 3 is 2.26 bits per heavy atom. The molecule has 27 heavy (non-hydrogen) atoms. The lowest BCUT2D eigenvalue weighted by molar-refractivity contribution is -0.709. The number of hydrogen-bond acceptors (Lipinski definition) is 3. The Bertz CT molecular complexity index is 744. The van der Waals surface area contributed by atoms with E-state index in [-0.39, 0.29) is 18.0 Å². The van der Waals surface area contributed by atoms with Gasteiger partial charge in [0.05, 0.1) is 13.2 Å². The van der Waals surface area contributed by atoms with Gasteiger partial charge in [0.1, 0.15) is 6.04 Å². The topological polar surface area (TPSA) is 64.2 Å². The van der Waals surface area contributed by atoms with Crippen LogP contribution in [0.15, 0.2) is 42.5 Å². The molecule has 0 bridgehead atoms. The fraction of sp³-hybridized carbons (Fsp3) is 0.409. The number of hydrogen-bond donors (Lipinski definition) is 2. The summed E-state index contributed by atoms with van der Waals surface area (Å²) in [7, 11) is 0. The second-order valence-electron chi connectivity index (χ2n) is 6.70. The number of ether oxygens (including phenoxy) is 2. The van der Waals surface area contributed by atoms with Gasteiger partial charge in [0.25, 0.3) is 5.91 Å². The van der Waals surface area contributed by atoms with Crippen molar-refractivity contribution in [2.75, 3.05) is 18.5 Å². The Morgan fingerprint density at radius 2 is 1.63 bits per heavy atom. The highest BCUT2D eigenvalue weighted by Gasteiger charge is 2.21. The lowest BCUT2D eigenvalue weighted by Gasteiger charge is -2.18. The van der Waals surface area contributed by atoms with Gasteiger partial charge in [-0.15, -0.1) is 0 Å². The molecule has 0 heterocycles. The molecule has 0 aromatic heterocycles. The van der Waals surface area contributed by atoms with Gasteiger partial charge < -0.3 is 20.1 Å². The molecule has 146 valence electrons. The van der Waals surface area contributed by atoms with E-state index < -0.39 is 0 Å². The third kappa shape index (κ3) is 6.00. The highest BCUT2D eigenvalue weighted by atomic mass is 16.5. The predicted molar refractivity (Wildman–Crippen MR) is 108 cm³/mol. The molecule has 0 aliphatic heterocycles. The average molecular weight is 372 g/mol. The van der Waals surface area contributed by atoms with Crippen molar-refractivity contribution >= 4 is 11.6 Å². The second-order valence-corrected chi connectivity index (χ2v) is 6.70. The van der Waals surface area contributed by atoms with Crippen molar-refractivity contribution in [3.8, 4) is 11.5 Å². The molecule has 0 aliphatic rings. The summed E-state index contributed by atoms with van der Waals surface area (Å²) in [5.74, 6) is 1.48. The Balaban J connectivity index is 2.02. The van der Waals surface area contributed by atoms with E-state index in [0.717, 1.165) is 22.7 Å². The monoisotopic (exact) mass is 371 g/mol. The van der Waals surface area contributed by atoms with Crippen LogP contribution in [-0.2, 0) is 4.79 Å². The first-order valence-electron chi connectivity index (χ1n) is 9.56. The fourth-order valence-corrected chi connectivity index (χ4v) is 2.88. The van der Waals surface area contributed by atoms with Crippen LogP contribution in [0.5, 0.6) is 11.5 Å². The molecular formula is C22H31N2O3+. The SMILES string of the molecule is CCOc1ccc([C@@H](C)[NH2+][C@H](C)C(=O)Nc2ccc(C)cc2)cc1OCC. The van der Waals surface area contributed by atoms with E-state index >= 15 is 0 Å². The van der Waals surface area contributed by atoms with Crippen LogP contribution in [0.25, 0.3) is 0 Å². The van der Waals surface area contributed by atoms with Gasteiger partial charge in [-0.3, -0.25) is 4.79 Å². The van der Waals surface area contributed by atoms with E-state index in [1.807, 2.05) is 70.2 Å². The minimum absolute atomic E-state index is 0.0123. The first-order chi connectivity index (χ1) is 12.9. The fourth-order valence-electron chi connectivity index (χ4n) is 2.88. The standard InChI is InChI=1S/C22H30N2O3/c1-6-26-20-13-10-18(14-21(20)27-7-2)16(4)23-17(5)22(25)24-19-11-8-15(3)9-12-19/h8-14,16-17,23H,6-7H2,1-5H3,(H,24,25)/p+1/t16-,17-/m1/s1. The number of nitrogens with one attached hydrogen (secondary N) is 1. The number of anilines is 1. The molecule has 5 heteroatoms. The molecule has 2 atom stereocenters. The highest BCUT2D eigenvalue weighted by molar-refractivity contribution is 5.93. The molecule has 0 aliphatic carbocycles. The molecule has 5 nitrogen and oxygen atoms in total. The van der Waals surface area contributed by atoms with Crippen LogP contribution in [0.4, 0.5) is 5.69 Å². The predicted octanol–water partition coefficient (Wildman–Crippen LogP) is 3.44. The van der Waals surface area contributed by atoms with Gasteiger partial charge in [0.2, 0.25) is 0 Å². The molecule has 0 unspecified atom stereocenters. The lowest BCUT2D eigenvalue weighted by Crippen LogP contribution is -2.91. The molecule has 0 radical (unpaired) electrons. The number of rotatable bonds is 9. The Hall–Kier alpha value is -2.53. The Morgan fingerprint density at radius 1 is 1.00 bits per heavy atom. The number of benzene rings is 2. The third-order valence-electron chi connectivity index (χ3n) is 4.40. The molecule has 2 aromatic rings. The normalized spacial score (nSPS) is 12.9. The summed E-state index contributed by atoms with van der Waals surface area (Å²) in [5.41, 5.74) is 3.08. The zero-order valence-corrected chi connectivity index (χ0v) is 16.9. The van der Waals surface area contributed by atoms with Gasteiger partial charge in [-0.05, 0) is 65.0 Å². The van der Waals surface area contributed by atoms with Gasteiger partial charge in [0.15, 0.2) is 17.5 Å². The zero-order chi connectivity index (χ0) is 19.8. The molecule has 1 amide bonds. The number of nitrogens with two attached hydrogens (primary N) is 1. The van der Waals surface area contributed by atoms with Crippen molar-refractivity contribution < 1.29 is 19.6 Å². The van der Waals surface area contributed by atoms with Crippen molar-refractivity contribution in [3.63, 3.8) is 0 Å². The summed E-state index contributed by atoms with van der Waals surface area (Å²) in [5, 5.41) is 5.02. The number of carbonyl (C=O) groups is 1. The van der Waals surface area contributed by atoms with E-state index in [9.17, 15) is 4.79 Å². The third-order valence-corrected chi connectivity index (χ3v) is 4.40. The quantitative estimate of drug-likeness (QED) is 0.710. The van der Waals surface area contributed by atoms with E-state index in [2.05, 4.69) is 17.6 Å². The maximum Gasteiger partial charge on any atom is 0.282 e. The zero-order valence-electron chi connectivity index (χ0n) is 16.9. The minimum atomic E-state index is -0.219. The maximum absolute atomic E-state index is 12.5. The first-order valence-corrected chi connectivity index (χ1v) is 9.56. The molecule has 0 saturated heterocycles. The number of amides is 1. The van der Waals surface area contributed by atoms with E-state index in [0.29, 0.717) is 13.2 Å². The van der Waals surface area contributed by atoms with E-state index in [4.69, 9.17) is 9.47 Å². The first kappa shape index (κ1) is 20.8. The summed E-state index contributed by atoms with van der Waals surface area (Å²) in [6.07, 6.45) is 0. The molecule has 0 saturated carbocycles. The largest absolute Gasteiger partial charge is 0.490 e. The second kappa shape index (κ2) is 9.97. The highest BCUT2D eigenvalue weighted by Crippen LogP contribution is 2.30. The Labute approximate surface area is 162 Å².